The van der Waals surface area contributed by atoms with Crippen molar-refractivity contribution in [1.29, 1.82) is 0 Å². The first-order valence-electron chi connectivity index (χ1n) is 12.7. The number of aliphatic hydroxyl groups is 1. The number of likely N-dealkylation sites (N-methyl/N-ethyl adjacent to an activating group) is 1. The van der Waals surface area contributed by atoms with Crippen LogP contribution in [0.25, 0.3) is 22.0 Å². The van der Waals surface area contributed by atoms with E-state index in [0.29, 0.717) is 28.5 Å². The molecule has 7 nitrogen and oxygen atoms in total. The lowest BCUT2D eigenvalue weighted by Crippen LogP contribution is -2.31. The van der Waals surface area contributed by atoms with Gasteiger partial charge in [0.15, 0.2) is 5.60 Å². The van der Waals surface area contributed by atoms with Crippen molar-refractivity contribution in [3.8, 4) is 16.9 Å². The van der Waals surface area contributed by atoms with Gasteiger partial charge in [0.1, 0.15) is 12.4 Å². The Balaban J connectivity index is 1.71. The van der Waals surface area contributed by atoms with Crippen LogP contribution >= 0.6 is 11.6 Å². The summed E-state index contributed by atoms with van der Waals surface area (Å²) >= 11 is 6.18. The highest BCUT2D eigenvalue weighted by atomic mass is 35.5. The quantitative estimate of drug-likeness (QED) is 0.304. The summed E-state index contributed by atoms with van der Waals surface area (Å²) in [4.78, 5) is 19.3. The summed E-state index contributed by atoms with van der Waals surface area (Å²) in [5, 5.41) is 13.8. The van der Waals surface area contributed by atoms with E-state index >= 15 is 0 Å². The number of hydrogen-bond donors (Lipinski definition) is 1. The predicted molar refractivity (Wildman–Crippen MR) is 155 cm³/mol. The molecule has 0 aliphatic heterocycles. The van der Waals surface area contributed by atoms with Gasteiger partial charge in [-0.05, 0) is 72.7 Å². The predicted octanol–water partition coefficient (Wildman–Crippen LogP) is 4.82. The Morgan fingerprint density at radius 3 is 2.44 bits per heavy atom. The van der Waals surface area contributed by atoms with Crippen LogP contribution < -0.4 is 10.3 Å². The first-order chi connectivity index (χ1) is 18.7. The van der Waals surface area contributed by atoms with E-state index in [0.717, 1.165) is 34.3 Å². The number of rotatable bonds is 8. The summed E-state index contributed by atoms with van der Waals surface area (Å²) < 4.78 is 9.38. The molecule has 200 valence electrons. The molecule has 8 heteroatoms. The summed E-state index contributed by atoms with van der Waals surface area (Å²) in [7, 11) is 7.60. The maximum atomic E-state index is 13.0. The van der Waals surface area contributed by atoms with Gasteiger partial charge in [-0.25, -0.2) is 4.98 Å². The summed E-state index contributed by atoms with van der Waals surface area (Å²) in [6, 6.07) is 22.2. The second-order valence-electron chi connectivity index (χ2n) is 9.97. The maximum absolute atomic E-state index is 13.0. The number of hydrogen-bond acceptors (Lipinski definition) is 5. The zero-order valence-electron chi connectivity index (χ0n) is 22.4. The smallest absolute Gasteiger partial charge is 0.251 e. The van der Waals surface area contributed by atoms with Crippen molar-refractivity contribution < 1.29 is 9.84 Å². The summed E-state index contributed by atoms with van der Waals surface area (Å²) in [5.74, 6) is 0.729. The zero-order valence-corrected chi connectivity index (χ0v) is 23.2. The molecule has 0 aliphatic rings. The van der Waals surface area contributed by atoms with Crippen molar-refractivity contribution in [3.63, 3.8) is 0 Å². The highest BCUT2D eigenvalue weighted by Crippen LogP contribution is 2.39. The second-order valence-corrected chi connectivity index (χ2v) is 10.4. The van der Waals surface area contributed by atoms with Crippen LogP contribution in [0.5, 0.6) is 5.75 Å². The largest absolute Gasteiger partial charge is 0.492 e. The molecule has 1 atom stereocenters. The van der Waals surface area contributed by atoms with Crippen LogP contribution in [-0.2, 0) is 19.7 Å². The molecular weight excluding hydrogens is 512 g/mol. The van der Waals surface area contributed by atoms with Gasteiger partial charge in [-0.15, -0.1) is 0 Å². The minimum atomic E-state index is -1.52. The number of halogens is 1. The molecule has 0 saturated heterocycles. The molecule has 1 unspecified atom stereocenters. The van der Waals surface area contributed by atoms with Gasteiger partial charge in [0.05, 0.1) is 23.7 Å². The second kappa shape index (κ2) is 10.7. The van der Waals surface area contributed by atoms with Crippen molar-refractivity contribution in [3.05, 3.63) is 118 Å². The molecule has 1 N–H and O–H groups in total. The van der Waals surface area contributed by atoms with Gasteiger partial charge in [0.25, 0.3) is 5.56 Å². The van der Waals surface area contributed by atoms with Crippen molar-refractivity contribution in [2.45, 2.75) is 5.60 Å². The molecule has 2 heterocycles. The molecule has 0 spiro atoms. The Bertz CT molecular complexity index is 1690. The van der Waals surface area contributed by atoms with Gasteiger partial charge in [-0.3, -0.25) is 4.79 Å². The first kappa shape index (κ1) is 26.7. The molecule has 0 bridgehead atoms. The average Bonchev–Trinajstić information content (AvgIpc) is 3.36. The fraction of sp³-hybridized carbons (Fsp3) is 0.226. The van der Waals surface area contributed by atoms with E-state index in [1.54, 1.807) is 46.9 Å². The van der Waals surface area contributed by atoms with Crippen molar-refractivity contribution >= 4 is 22.5 Å². The lowest BCUT2D eigenvalue weighted by Gasteiger charge is -2.30. The number of pyridine rings is 1. The van der Waals surface area contributed by atoms with Gasteiger partial charge >= 0.3 is 0 Å². The van der Waals surface area contributed by atoms with Crippen LogP contribution in [0.1, 0.15) is 16.8 Å². The third-order valence-corrected chi connectivity index (χ3v) is 7.32. The normalized spacial score (nSPS) is 13.1. The van der Waals surface area contributed by atoms with Gasteiger partial charge < -0.3 is 23.9 Å². The number of aryl methyl sites for hydroxylation is 2. The average molecular weight is 543 g/mol. The SMILES string of the molecule is CN(C)CCOc1cccc(-c2cc(=O)n(C)c3ccc(C(O)(c4ccc(Cl)cc4)c4cncn4C)cc23)c1. The Labute approximate surface area is 232 Å². The number of benzene rings is 3. The van der Waals surface area contributed by atoms with Gasteiger partial charge in [0.2, 0.25) is 0 Å². The first-order valence-corrected chi connectivity index (χ1v) is 13.0. The van der Waals surface area contributed by atoms with E-state index in [4.69, 9.17) is 16.3 Å². The molecular formula is C31H31ClN4O3. The van der Waals surface area contributed by atoms with E-state index < -0.39 is 5.60 Å². The van der Waals surface area contributed by atoms with Crippen molar-refractivity contribution in [2.75, 3.05) is 27.2 Å². The van der Waals surface area contributed by atoms with E-state index in [2.05, 4.69) is 9.88 Å². The maximum Gasteiger partial charge on any atom is 0.251 e. The van der Waals surface area contributed by atoms with Crippen LogP contribution in [-0.4, -0.2) is 51.4 Å². The number of imidazole rings is 1. The Morgan fingerprint density at radius 2 is 1.74 bits per heavy atom. The minimum Gasteiger partial charge on any atom is -0.492 e. The van der Waals surface area contributed by atoms with Crippen LogP contribution in [0, 0.1) is 0 Å². The summed E-state index contributed by atoms with van der Waals surface area (Å²) in [6.45, 7) is 1.34. The van der Waals surface area contributed by atoms with E-state index in [1.807, 2.05) is 75.7 Å². The Hall–Kier alpha value is -3.91. The van der Waals surface area contributed by atoms with Gasteiger partial charge in [0, 0.05) is 37.1 Å². The molecule has 3 aromatic carbocycles. The van der Waals surface area contributed by atoms with Gasteiger partial charge in [-0.2, -0.15) is 0 Å². The molecule has 2 aromatic heterocycles. The van der Waals surface area contributed by atoms with Crippen LogP contribution in [0.15, 0.2) is 90.1 Å². The van der Waals surface area contributed by atoms with E-state index in [9.17, 15) is 9.90 Å². The number of fused-ring (bicyclic) bond motifs is 1. The molecule has 5 aromatic rings. The molecule has 39 heavy (non-hydrogen) atoms. The highest BCUT2D eigenvalue weighted by molar-refractivity contribution is 6.30. The topological polar surface area (TPSA) is 72.5 Å². The van der Waals surface area contributed by atoms with Crippen LogP contribution in [0.3, 0.4) is 0 Å². The van der Waals surface area contributed by atoms with Crippen LogP contribution in [0.4, 0.5) is 0 Å². The Kier molecular flexibility index (Phi) is 7.32. The number of nitrogens with zero attached hydrogens (tertiary/aromatic N) is 4. The highest BCUT2D eigenvalue weighted by Gasteiger charge is 2.37. The lowest BCUT2D eigenvalue weighted by molar-refractivity contribution is 0.117. The Morgan fingerprint density at radius 1 is 1.00 bits per heavy atom. The number of aromatic nitrogens is 3. The molecule has 0 fully saturated rings. The fourth-order valence-electron chi connectivity index (χ4n) is 4.88. The summed E-state index contributed by atoms with van der Waals surface area (Å²) in [6.07, 6.45) is 3.32. The van der Waals surface area contributed by atoms with E-state index in [-0.39, 0.29) is 5.56 Å². The molecule has 0 aliphatic carbocycles. The summed E-state index contributed by atoms with van der Waals surface area (Å²) in [5.41, 5.74) is 2.62. The molecule has 0 radical (unpaired) electrons. The van der Waals surface area contributed by atoms with Crippen molar-refractivity contribution in [1.82, 2.24) is 19.0 Å². The molecule has 0 saturated carbocycles. The van der Waals surface area contributed by atoms with Crippen molar-refractivity contribution in [2.24, 2.45) is 14.1 Å². The number of ether oxygens (including phenoxy) is 1. The van der Waals surface area contributed by atoms with Gasteiger partial charge in [-0.1, -0.05) is 41.9 Å². The van der Waals surface area contributed by atoms with Crippen LogP contribution in [0.2, 0.25) is 5.02 Å². The molecule has 0 amide bonds. The minimum absolute atomic E-state index is 0.122. The molecule has 5 rings (SSSR count). The monoisotopic (exact) mass is 542 g/mol. The fourth-order valence-corrected chi connectivity index (χ4v) is 5.01. The third-order valence-electron chi connectivity index (χ3n) is 7.07. The van der Waals surface area contributed by atoms with E-state index in [1.165, 1.54) is 0 Å². The lowest BCUT2D eigenvalue weighted by atomic mass is 9.82. The third kappa shape index (κ3) is 5.08. The zero-order chi connectivity index (χ0) is 27.7. The standard InChI is InChI=1S/C31H31ClN4O3/c1-34(2)14-15-39-25-7-5-6-21(16-25)26-18-30(37)36(4)28-13-10-23(17-27(26)28)31(38,29-19-33-20-35(29)3)22-8-11-24(32)12-9-22/h5-13,16-20,38H,14-15H2,1-4H3.